The molecule has 0 aromatic heterocycles. The number of hydrogen-bond donors (Lipinski definition) is 20. The van der Waals surface area contributed by atoms with Gasteiger partial charge < -0.3 is 155 Å². The van der Waals surface area contributed by atoms with Crippen molar-refractivity contribution in [2.75, 3.05) is 46.9 Å². The third kappa shape index (κ3) is 16.8. The fourth-order valence-electron chi connectivity index (χ4n) is 9.73. The highest BCUT2D eigenvalue weighted by molar-refractivity contribution is 5.75. The van der Waals surface area contributed by atoms with E-state index in [9.17, 15) is 95.8 Å². The lowest BCUT2D eigenvalue weighted by Crippen LogP contribution is -2.71. The van der Waals surface area contributed by atoms with Gasteiger partial charge in [-0.3, -0.25) is 19.2 Å². The molecule has 35 nitrogen and oxygen atoms in total. The highest BCUT2D eigenvalue weighted by atomic mass is 16.8. The summed E-state index contributed by atoms with van der Waals surface area (Å²) in [5.74, 6) is -4.37. The fourth-order valence-corrected chi connectivity index (χ4v) is 9.73. The van der Waals surface area contributed by atoms with Crippen molar-refractivity contribution in [2.45, 2.75) is 207 Å². The second-order valence-corrected chi connectivity index (χ2v) is 19.8. The van der Waals surface area contributed by atoms with E-state index in [4.69, 9.17) is 52.1 Å². The van der Waals surface area contributed by atoms with Crippen LogP contribution < -0.4 is 26.6 Å². The Balaban J connectivity index is 1.39. The summed E-state index contributed by atoms with van der Waals surface area (Å²) in [5, 5.41) is 174. The number of hydrogen-bond acceptors (Lipinski definition) is 31. The molecular formula is C46H79N5O30. The lowest BCUT2D eigenvalue weighted by Gasteiger charge is -2.50. The number of nitrogens with one attached hydrogen (secondary N) is 5. The molecule has 5 rings (SSSR count). The molecule has 468 valence electrons. The van der Waals surface area contributed by atoms with Gasteiger partial charge in [-0.1, -0.05) is 0 Å². The van der Waals surface area contributed by atoms with Crippen LogP contribution in [-0.2, 0) is 71.3 Å². The van der Waals surface area contributed by atoms with Gasteiger partial charge in [0.25, 0.3) is 0 Å². The Morgan fingerprint density at radius 1 is 0.531 bits per heavy atom. The summed E-state index contributed by atoms with van der Waals surface area (Å²) in [7, 11) is 1.36. The van der Waals surface area contributed by atoms with E-state index in [0.717, 1.165) is 27.7 Å². The van der Waals surface area contributed by atoms with Gasteiger partial charge in [0.2, 0.25) is 23.6 Å². The molecule has 5 heterocycles. The van der Waals surface area contributed by atoms with Crippen molar-refractivity contribution in [3.05, 3.63) is 11.5 Å². The molecule has 0 aromatic carbocycles. The molecule has 27 unspecified atom stereocenters. The molecule has 4 amide bonds. The number of carbonyl (C=O) groups excluding carboxylic acids is 4. The molecule has 0 radical (unpaired) electrons. The summed E-state index contributed by atoms with van der Waals surface area (Å²) in [5.41, 5.74) is -0.865. The zero-order chi connectivity index (χ0) is 60.3. The van der Waals surface area contributed by atoms with Crippen LogP contribution in [0, 0.1) is 0 Å². The van der Waals surface area contributed by atoms with E-state index in [2.05, 4.69) is 26.6 Å². The maximum Gasteiger partial charge on any atom is 0.221 e. The second-order valence-electron chi connectivity index (χ2n) is 19.8. The summed E-state index contributed by atoms with van der Waals surface area (Å²) in [4.78, 5) is 50.1. The zero-order valence-corrected chi connectivity index (χ0v) is 44.9. The summed E-state index contributed by atoms with van der Waals surface area (Å²) in [6.07, 6.45) is -40.5. The van der Waals surface area contributed by atoms with Crippen LogP contribution in [0.2, 0.25) is 0 Å². The largest absolute Gasteiger partial charge is 0.507 e. The normalized spacial score (nSPS) is 41.3. The van der Waals surface area contributed by atoms with Crippen LogP contribution in [-0.4, -0.2) is 313 Å². The van der Waals surface area contributed by atoms with Crippen LogP contribution in [0.3, 0.4) is 0 Å². The Bertz CT molecular complexity index is 2060. The molecule has 0 spiro atoms. The SMILES string of the molecule is CNC1C(OC(CCO)/C(O)=C(/NC(C)=O)C(O)OC2C(CO)OC(OC3C(CO)OC(OC4C(COCOC5OC(C)C(O)C(O)C5O)OC(O)C(NC(C)=O)C4O)C(NC(C)=O)C3O)C(NC(C)=O)C2O)OC(CO)C(O)C1O. The highest BCUT2D eigenvalue weighted by Gasteiger charge is 2.56. The van der Waals surface area contributed by atoms with Crippen LogP contribution in [0.25, 0.3) is 0 Å². The maximum atomic E-state index is 12.7. The van der Waals surface area contributed by atoms with Gasteiger partial charge in [0.05, 0.1) is 38.6 Å². The molecule has 27 atom stereocenters. The smallest absolute Gasteiger partial charge is 0.221 e. The number of amides is 4. The van der Waals surface area contributed by atoms with Gasteiger partial charge in [-0.15, -0.1) is 0 Å². The summed E-state index contributed by atoms with van der Waals surface area (Å²) in [6, 6.07) is -6.36. The average molecular weight is 1180 g/mol. The first-order valence-corrected chi connectivity index (χ1v) is 25.7. The van der Waals surface area contributed by atoms with Gasteiger partial charge in [-0.2, -0.15) is 0 Å². The van der Waals surface area contributed by atoms with Gasteiger partial charge in [0.1, 0.15) is 134 Å². The van der Waals surface area contributed by atoms with Gasteiger partial charge in [0.15, 0.2) is 37.7 Å². The van der Waals surface area contributed by atoms with Crippen LogP contribution in [0.15, 0.2) is 11.5 Å². The monoisotopic (exact) mass is 1180 g/mol. The Labute approximate surface area is 462 Å². The number of ether oxygens (including phenoxy) is 11. The first kappa shape index (κ1) is 68.2. The van der Waals surface area contributed by atoms with Crippen molar-refractivity contribution in [1.29, 1.82) is 0 Å². The maximum absolute atomic E-state index is 12.7. The number of likely N-dealkylation sites (N-methyl/N-ethyl adjacent to an activating group) is 1. The van der Waals surface area contributed by atoms with E-state index in [1.54, 1.807) is 0 Å². The van der Waals surface area contributed by atoms with Crippen molar-refractivity contribution in [3.63, 3.8) is 0 Å². The molecule has 0 aliphatic carbocycles. The molecule has 0 aromatic rings. The van der Waals surface area contributed by atoms with E-state index >= 15 is 0 Å². The van der Waals surface area contributed by atoms with Crippen LogP contribution in [0.1, 0.15) is 41.0 Å². The molecule has 35 heteroatoms. The van der Waals surface area contributed by atoms with Crippen molar-refractivity contribution in [1.82, 2.24) is 26.6 Å². The molecule has 20 N–H and O–H groups in total. The minimum absolute atomic E-state index is 0.490. The summed E-state index contributed by atoms with van der Waals surface area (Å²) < 4.78 is 63.4. The molecule has 81 heavy (non-hydrogen) atoms. The molecule has 0 saturated carbocycles. The predicted molar refractivity (Wildman–Crippen MR) is 259 cm³/mol. The summed E-state index contributed by atoms with van der Waals surface area (Å²) >= 11 is 0. The third-order valence-corrected chi connectivity index (χ3v) is 13.8. The number of aliphatic hydroxyl groups is 15. The van der Waals surface area contributed by atoms with Crippen LogP contribution in [0.5, 0.6) is 0 Å². The number of rotatable bonds is 25. The van der Waals surface area contributed by atoms with E-state index in [-0.39, 0.29) is 0 Å². The van der Waals surface area contributed by atoms with Crippen molar-refractivity contribution >= 4 is 23.6 Å². The van der Waals surface area contributed by atoms with Crippen LogP contribution >= 0.6 is 0 Å². The fraction of sp³-hybridized carbons (Fsp3) is 0.870. The van der Waals surface area contributed by atoms with E-state index in [1.165, 1.54) is 14.0 Å². The Kier molecular flexibility index (Phi) is 26.1. The van der Waals surface area contributed by atoms with Crippen molar-refractivity contribution < 1.29 is 148 Å². The minimum Gasteiger partial charge on any atom is -0.507 e. The lowest BCUT2D eigenvalue weighted by molar-refractivity contribution is -0.356. The number of carbonyl (C=O) groups is 4. The Morgan fingerprint density at radius 2 is 1.04 bits per heavy atom. The quantitative estimate of drug-likeness (QED) is 0.0229. The van der Waals surface area contributed by atoms with Gasteiger partial charge in [0, 0.05) is 40.7 Å². The first-order valence-electron chi connectivity index (χ1n) is 25.7. The van der Waals surface area contributed by atoms with Crippen molar-refractivity contribution in [2.24, 2.45) is 0 Å². The van der Waals surface area contributed by atoms with Crippen LogP contribution in [0.4, 0.5) is 0 Å². The minimum atomic E-state index is -2.50. The predicted octanol–water partition coefficient (Wildman–Crippen LogP) is -11.3. The van der Waals surface area contributed by atoms with Gasteiger partial charge in [-0.05, 0) is 14.0 Å². The summed E-state index contributed by atoms with van der Waals surface area (Å²) in [6.45, 7) is 0.523. The Hall–Kier alpha value is -3.62. The molecular weight excluding hydrogens is 1100 g/mol. The van der Waals surface area contributed by atoms with Gasteiger partial charge in [-0.25, -0.2) is 0 Å². The highest BCUT2D eigenvalue weighted by Crippen LogP contribution is 2.35. The molecule has 0 bridgehead atoms. The topological polar surface area (TPSA) is 533 Å². The third-order valence-electron chi connectivity index (χ3n) is 13.8. The number of aliphatic hydroxyl groups excluding tert-OH is 15. The molecule has 5 aliphatic rings. The Morgan fingerprint density at radius 3 is 1.56 bits per heavy atom. The van der Waals surface area contributed by atoms with Crippen molar-refractivity contribution in [3.8, 4) is 0 Å². The van der Waals surface area contributed by atoms with E-state index in [0.29, 0.717) is 0 Å². The lowest BCUT2D eigenvalue weighted by atomic mass is 9.93. The van der Waals surface area contributed by atoms with Gasteiger partial charge >= 0.3 is 0 Å². The zero-order valence-electron chi connectivity index (χ0n) is 44.9. The molecule has 5 aliphatic heterocycles. The van der Waals surface area contributed by atoms with E-state index < -0.39 is 247 Å². The first-order chi connectivity index (χ1) is 38.2. The second kappa shape index (κ2) is 31.0. The average Bonchev–Trinajstić information content (AvgIpc) is 3.40. The van der Waals surface area contributed by atoms with E-state index in [1.807, 2.05) is 0 Å². The standard InChI is InChI=1S/C46H79N5O30/c1-14-29(60)36(67)37(68)46(73-14)72-13-71-12-23-40(33(64)25(41(69)74-23)49-16(3)57)81-45-28(51-18(5)59)35(66)39(22(11-55)78-45)80-44-27(50-17(4)58)34(65)38(21(10-54)77-44)79-42(70)24(48-15(2)56)30(61)19(7-8-52)75-43-26(47-6)32(63)31(62)20(9-53)76-43/h14,19-23,25-29,31-47,52-55,60-70H,7-13H2,1-6H3,(H,48,56)(H,49,57)(H,50,58)(H,51,59)/b30-24-. The molecule has 5 saturated heterocycles. The molecule has 5 fully saturated rings.